The topological polar surface area (TPSA) is 87.7 Å². The second-order valence-corrected chi connectivity index (χ2v) is 5.73. The van der Waals surface area contributed by atoms with Crippen LogP contribution in [0.15, 0.2) is 23.6 Å². The van der Waals surface area contributed by atoms with Crippen LogP contribution in [0.3, 0.4) is 0 Å². The number of alkyl halides is 3. The molecule has 3 N–H and O–H groups in total. The fraction of sp³-hybridized carbons (Fsp3) is 0.571. The summed E-state index contributed by atoms with van der Waals surface area (Å²) in [4.78, 5) is 23.2. The van der Waals surface area contributed by atoms with Gasteiger partial charge in [-0.05, 0) is 44.3 Å². The molecule has 1 fully saturated rings. The number of aliphatic carboxylic acids is 1. The van der Waals surface area contributed by atoms with E-state index in [2.05, 4.69) is 15.4 Å². The minimum atomic E-state index is -4.74. The van der Waals surface area contributed by atoms with Gasteiger partial charge in [0, 0.05) is 12.1 Å². The average molecular weight is 334 g/mol. The van der Waals surface area contributed by atoms with Gasteiger partial charge in [-0.3, -0.25) is 0 Å². The second kappa shape index (κ2) is 6.13. The molecule has 0 bridgehead atoms. The van der Waals surface area contributed by atoms with Crippen LogP contribution in [0.25, 0.3) is 0 Å². The van der Waals surface area contributed by atoms with Crippen molar-refractivity contribution in [2.24, 2.45) is 5.92 Å². The Bertz CT molecular complexity index is 567. The molecule has 0 heterocycles. The molecule has 2 amide bonds. The highest BCUT2D eigenvalue weighted by Gasteiger charge is 2.48. The van der Waals surface area contributed by atoms with E-state index in [9.17, 15) is 27.9 Å². The number of hydrogen-bond acceptors (Lipinski definition) is 3. The van der Waals surface area contributed by atoms with Gasteiger partial charge in [0.2, 0.25) is 0 Å². The summed E-state index contributed by atoms with van der Waals surface area (Å²) in [5, 5.41) is 14.1. The summed E-state index contributed by atoms with van der Waals surface area (Å²) in [6.45, 7) is 1.44. The van der Waals surface area contributed by atoms with Crippen molar-refractivity contribution in [2.75, 3.05) is 0 Å². The van der Waals surface area contributed by atoms with Crippen molar-refractivity contribution >= 4 is 12.0 Å². The van der Waals surface area contributed by atoms with Crippen LogP contribution in [0, 0.1) is 5.92 Å². The first-order valence-corrected chi connectivity index (χ1v) is 7.08. The summed E-state index contributed by atoms with van der Waals surface area (Å²) >= 11 is 0. The molecule has 6 nitrogen and oxygen atoms in total. The Kier molecular flexibility index (Phi) is 4.58. The monoisotopic (exact) mass is 334 g/mol. The number of carbonyl (C=O) groups is 2. The molecule has 9 heteroatoms. The lowest BCUT2D eigenvalue weighted by atomic mass is 9.96. The number of urea groups is 1. The minimum Gasteiger partial charge on any atom is -0.480 e. The van der Waals surface area contributed by atoms with Gasteiger partial charge in [-0.1, -0.05) is 0 Å². The average Bonchev–Trinajstić information content (AvgIpc) is 3.23. The molecule has 2 aliphatic rings. The molecule has 0 aliphatic heterocycles. The molecule has 1 unspecified atom stereocenters. The highest BCUT2D eigenvalue weighted by molar-refractivity contribution is 5.87. The van der Waals surface area contributed by atoms with Crippen LogP contribution in [0.4, 0.5) is 18.0 Å². The first kappa shape index (κ1) is 17.2. The Morgan fingerprint density at radius 3 is 2.35 bits per heavy atom. The number of carboxylic acids is 1. The summed E-state index contributed by atoms with van der Waals surface area (Å²) in [6.07, 6.45) is -0.703. The number of amides is 2. The molecule has 0 aromatic carbocycles. The Hall–Kier alpha value is -2.19. The third-order valence-electron chi connectivity index (χ3n) is 3.84. The lowest BCUT2D eigenvalue weighted by Gasteiger charge is -2.27. The maximum atomic E-state index is 12.1. The molecule has 23 heavy (non-hydrogen) atoms. The number of ether oxygens (including phenoxy) is 1. The third kappa shape index (κ3) is 4.64. The number of carbonyl (C=O) groups excluding carboxylic acids is 1. The van der Waals surface area contributed by atoms with Crippen molar-refractivity contribution < 1.29 is 32.6 Å². The minimum absolute atomic E-state index is 0.00948. The Balaban J connectivity index is 1.92. The number of rotatable bonds is 5. The number of carboxylic acid groups (broad SMARTS) is 1. The maximum Gasteiger partial charge on any atom is 0.572 e. The lowest BCUT2D eigenvalue weighted by Crippen LogP contribution is -2.56. The smallest absolute Gasteiger partial charge is 0.480 e. The second-order valence-electron chi connectivity index (χ2n) is 5.73. The van der Waals surface area contributed by atoms with E-state index in [0.717, 1.165) is 18.9 Å². The van der Waals surface area contributed by atoms with Crippen molar-refractivity contribution in [1.82, 2.24) is 10.6 Å². The lowest BCUT2D eigenvalue weighted by molar-refractivity contribution is -0.306. The zero-order chi connectivity index (χ0) is 17.3. The van der Waals surface area contributed by atoms with E-state index in [1.54, 1.807) is 0 Å². The summed E-state index contributed by atoms with van der Waals surface area (Å²) in [5.41, 5.74) is -0.958. The van der Waals surface area contributed by atoms with Gasteiger partial charge in [-0.2, -0.15) is 0 Å². The quantitative estimate of drug-likeness (QED) is 0.721. The van der Waals surface area contributed by atoms with Gasteiger partial charge in [-0.15, -0.1) is 13.2 Å². The normalized spacial score (nSPS) is 20.7. The molecular weight excluding hydrogens is 317 g/mol. The zero-order valence-corrected chi connectivity index (χ0v) is 12.4. The third-order valence-corrected chi connectivity index (χ3v) is 3.84. The predicted octanol–water partition coefficient (Wildman–Crippen LogP) is 2.64. The van der Waals surface area contributed by atoms with E-state index in [1.807, 2.05) is 0 Å². The van der Waals surface area contributed by atoms with Crippen LogP contribution in [0.1, 0.15) is 32.6 Å². The molecule has 0 aromatic heterocycles. The molecular formula is C14H17F3N2O4. The molecule has 1 atom stereocenters. The number of nitrogens with one attached hydrogen (secondary N) is 2. The van der Waals surface area contributed by atoms with Crippen LogP contribution in [-0.2, 0) is 9.53 Å². The van der Waals surface area contributed by atoms with Gasteiger partial charge >= 0.3 is 18.4 Å². The van der Waals surface area contributed by atoms with Crippen LogP contribution in [0.2, 0.25) is 0 Å². The van der Waals surface area contributed by atoms with E-state index in [1.165, 1.54) is 13.0 Å². The summed E-state index contributed by atoms with van der Waals surface area (Å²) in [5.74, 6) is -1.47. The van der Waals surface area contributed by atoms with Gasteiger partial charge in [0.05, 0.1) is 0 Å². The standard InChI is InChI=1S/C14H17F3N2O4/c1-13(11(20)21,8-2-3-8)19-12(22)18-9-4-6-10(7-5-9)23-14(15,16)17/h4,6,8H,2-3,5,7H2,1H3,(H,20,21)(H2,18,19,22). The summed E-state index contributed by atoms with van der Waals surface area (Å²) in [7, 11) is 0. The van der Waals surface area contributed by atoms with Crippen LogP contribution < -0.4 is 10.6 Å². The van der Waals surface area contributed by atoms with Crippen molar-refractivity contribution in [2.45, 2.75) is 44.5 Å². The SMILES string of the molecule is CC(NC(=O)NC1=CC=C(OC(F)(F)F)CC1)(C(=O)O)C1CC1. The number of halogens is 3. The van der Waals surface area contributed by atoms with Crippen molar-refractivity contribution in [1.29, 1.82) is 0 Å². The van der Waals surface area contributed by atoms with Crippen LogP contribution in [-0.4, -0.2) is 29.0 Å². The van der Waals surface area contributed by atoms with Gasteiger partial charge < -0.3 is 20.5 Å². The first-order chi connectivity index (χ1) is 10.6. The maximum absolute atomic E-state index is 12.1. The van der Waals surface area contributed by atoms with Crippen LogP contribution in [0.5, 0.6) is 0 Å². The van der Waals surface area contributed by atoms with Crippen molar-refractivity contribution in [3.05, 3.63) is 23.6 Å². The highest BCUT2D eigenvalue weighted by atomic mass is 19.4. The van der Waals surface area contributed by atoms with Crippen LogP contribution >= 0.6 is 0 Å². The first-order valence-electron chi connectivity index (χ1n) is 7.08. The van der Waals surface area contributed by atoms with Gasteiger partial charge in [0.25, 0.3) is 0 Å². The van der Waals surface area contributed by atoms with E-state index in [-0.39, 0.29) is 24.5 Å². The van der Waals surface area contributed by atoms with E-state index < -0.39 is 23.9 Å². The molecule has 2 rings (SSSR count). The fourth-order valence-corrected chi connectivity index (χ4v) is 2.36. The van der Waals surface area contributed by atoms with Gasteiger partial charge in [0.15, 0.2) is 0 Å². The molecule has 1 saturated carbocycles. The summed E-state index contributed by atoms with van der Waals surface area (Å²) < 4.78 is 40.0. The van der Waals surface area contributed by atoms with E-state index in [0.29, 0.717) is 5.70 Å². The summed E-state index contributed by atoms with van der Waals surface area (Å²) in [6, 6.07) is -0.693. The molecule has 2 aliphatic carbocycles. The number of allylic oxidation sites excluding steroid dienone is 4. The van der Waals surface area contributed by atoms with E-state index in [4.69, 9.17) is 0 Å². The molecule has 0 saturated heterocycles. The Morgan fingerprint density at radius 1 is 1.26 bits per heavy atom. The fourth-order valence-electron chi connectivity index (χ4n) is 2.36. The molecule has 128 valence electrons. The molecule has 0 radical (unpaired) electrons. The predicted molar refractivity (Wildman–Crippen MR) is 73.0 cm³/mol. The van der Waals surface area contributed by atoms with Crippen molar-refractivity contribution in [3.8, 4) is 0 Å². The molecule has 0 aromatic rings. The van der Waals surface area contributed by atoms with Gasteiger partial charge in [0.1, 0.15) is 11.3 Å². The van der Waals surface area contributed by atoms with Gasteiger partial charge in [-0.25, -0.2) is 9.59 Å². The van der Waals surface area contributed by atoms with Crippen molar-refractivity contribution in [3.63, 3.8) is 0 Å². The number of hydrogen-bond donors (Lipinski definition) is 3. The largest absolute Gasteiger partial charge is 0.572 e. The highest BCUT2D eigenvalue weighted by Crippen LogP contribution is 2.39. The Morgan fingerprint density at radius 2 is 1.91 bits per heavy atom. The Labute approximate surface area is 130 Å². The molecule has 0 spiro atoms. The zero-order valence-electron chi connectivity index (χ0n) is 12.4. The van der Waals surface area contributed by atoms with E-state index >= 15 is 0 Å².